The number of carbonyl (C=O) groups is 1. The van der Waals surface area contributed by atoms with Crippen molar-refractivity contribution in [1.29, 1.82) is 0 Å². The van der Waals surface area contributed by atoms with Gasteiger partial charge in [0.15, 0.2) is 11.0 Å². The van der Waals surface area contributed by atoms with E-state index in [1.807, 2.05) is 26.8 Å². The number of rotatable bonds is 2. The molecule has 6 nitrogen and oxygen atoms in total. The molecule has 0 aromatic carbocycles. The molecule has 0 radical (unpaired) electrons. The van der Waals surface area contributed by atoms with Gasteiger partial charge in [0.05, 0.1) is 6.04 Å². The van der Waals surface area contributed by atoms with Crippen molar-refractivity contribution in [1.82, 2.24) is 15.5 Å². The van der Waals surface area contributed by atoms with E-state index in [2.05, 4.69) is 27.3 Å². The largest absolute Gasteiger partial charge is 0.444 e. The molecule has 1 aromatic heterocycles. The highest BCUT2D eigenvalue weighted by molar-refractivity contribution is 6.29. The van der Waals surface area contributed by atoms with Crippen LogP contribution in [-0.2, 0) is 4.74 Å². The summed E-state index contributed by atoms with van der Waals surface area (Å²) in [6.45, 7) is 8.31. The predicted octanol–water partition coefficient (Wildman–Crippen LogP) is 2.62. The number of carbonyl (C=O) groups excluding carboxylic acids is 1. The maximum absolute atomic E-state index is 11.8. The van der Waals surface area contributed by atoms with E-state index in [9.17, 15) is 4.79 Å². The average Bonchev–Trinajstić information content (AvgIpc) is 2.68. The van der Waals surface area contributed by atoms with Gasteiger partial charge in [-0.25, -0.2) is 4.79 Å². The summed E-state index contributed by atoms with van der Waals surface area (Å²) in [7, 11) is 0. The quantitative estimate of drug-likeness (QED) is 0.909. The van der Waals surface area contributed by atoms with E-state index in [1.54, 1.807) is 6.07 Å². The molecule has 1 amide bonds. The smallest absolute Gasteiger partial charge is 0.407 e. The van der Waals surface area contributed by atoms with Gasteiger partial charge in [-0.05, 0) is 46.2 Å². The molecule has 0 unspecified atom stereocenters. The lowest BCUT2D eigenvalue weighted by Gasteiger charge is -2.22. The Balaban J connectivity index is 1.95. The third-order valence-electron chi connectivity index (χ3n) is 3.21. The van der Waals surface area contributed by atoms with Gasteiger partial charge in [0.2, 0.25) is 0 Å². The van der Waals surface area contributed by atoms with Gasteiger partial charge in [-0.3, -0.25) is 0 Å². The molecule has 2 atom stereocenters. The van der Waals surface area contributed by atoms with Crippen LogP contribution < -0.4 is 10.2 Å². The van der Waals surface area contributed by atoms with E-state index >= 15 is 0 Å². The highest BCUT2D eigenvalue weighted by atomic mass is 35.5. The molecular weight excluding hydrogens is 292 g/mol. The molecule has 7 heteroatoms. The predicted molar refractivity (Wildman–Crippen MR) is 81.6 cm³/mol. The van der Waals surface area contributed by atoms with E-state index in [-0.39, 0.29) is 18.2 Å². The van der Waals surface area contributed by atoms with E-state index in [0.717, 1.165) is 12.2 Å². The Kier molecular flexibility index (Phi) is 4.56. The zero-order valence-corrected chi connectivity index (χ0v) is 13.5. The van der Waals surface area contributed by atoms with Crippen molar-refractivity contribution in [3.63, 3.8) is 0 Å². The van der Waals surface area contributed by atoms with Gasteiger partial charge < -0.3 is 15.0 Å². The minimum atomic E-state index is -0.490. The summed E-state index contributed by atoms with van der Waals surface area (Å²) < 4.78 is 5.28. The van der Waals surface area contributed by atoms with Crippen molar-refractivity contribution in [2.75, 3.05) is 11.4 Å². The van der Waals surface area contributed by atoms with Crippen LogP contribution in [0.15, 0.2) is 12.1 Å². The number of amides is 1. The van der Waals surface area contributed by atoms with Crippen LogP contribution in [0.4, 0.5) is 10.6 Å². The van der Waals surface area contributed by atoms with Gasteiger partial charge in [0.25, 0.3) is 0 Å². The summed E-state index contributed by atoms with van der Waals surface area (Å²) in [4.78, 5) is 13.9. The molecule has 1 aliphatic heterocycles. The zero-order valence-electron chi connectivity index (χ0n) is 12.8. The maximum atomic E-state index is 11.8. The van der Waals surface area contributed by atoms with Crippen LogP contribution in [0, 0.1) is 0 Å². The first-order valence-corrected chi connectivity index (χ1v) is 7.38. The number of hydrogen-bond acceptors (Lipinski definition) is 5. The molecule has 1 fully saturated rings. The van der Waals surface area contributed by atoms with Gasteiger partial charge >= 0.3 is 6.09 Å². The molecule has 0 bridgehead atoms. The number of nitrogens with zero attached hydrogens (tertiary/aromatic N) is 3. The summed E-state index contributed by atoms with van der Waals surface area (Å²) in [5.74, 6) is 0.764. The number of ether oxygens (including phenoxy) is 1. The van der Waals surface area contributed by atoms with Crippen molar-refractivity contribution in [2.24, 2.45) is 0 Å². The molecule has 2 rings (SSSR count). The molecule has 1 N–H and O–H groups in total. The molecule has 1 saturated heterocycles. The summed E-state index contributed by atoms with van der Waals surface area (Å²) in [6.07, 6.45) is 0.451. The Morgan fingerprint density at radius 3 is 2.71 bits per heavy atom. The van der Waals surface area contributed by atoms with E-state index < -0.39 is 5.60 Å². The molecule has 0 spiro atoms. The minimum absolute atomic E-state index is 0.0346. The first kappa shape index (κ1) is 15.8. The first-order chi connectivity index (χ1) is 9.74. The number of alkyl carbamates (subject to hydrolysis) is 1. The topological polar surface area (TPSA) is 67.3 Å². The highest BCUT2D eigenvalue weighted by Gasteiger charge is 2.32. The standard InChI is InChI=1S/C14H21ClN4O2/c1-9-7-10(16-13(20)21-14(2,3)4)8-19(9)12-6-5-11(15)17-18-12/h5-6,9-10H,7-8H2,1-4H3,(H,16,20)/t9-,10+/m0/s1. The Hall–Kier alpha value is -1.56. The van der Waals surface area contributed by atoms with Gasteiger partial charge in [0, 0.05) is 12.6 Å². The maximum Gasteiger partial charge on any atom is 0.407 e. The van der Waals surface area contributed by atoms with Crippen molar-refractivity contribution >= 4 is 23.5 Å². The molecule has 0 aliphatic carbocycles. The van der Waals surface area contributed by atoms with Crippen LogP contribution in [0.25, 0.3) is 0 Å². The summed E-state index contributed by atoms with van der Waals surface area (Å²) >= 11 is 5.75. The van der Waals surface area contributed by atoms with Crippen LogP contribution >= 0.6 is 11.6 Å². The number of hydrogen-bond donors (Lipinski definition) is 1. The van der Waals surface area contributed by atoms with Crippen LogP contribution in [0.2, 0.25) is 5.15 Å². The minimum Gasteiger partial charge on any atom is -0.444 e. The van der Waals surface area contributed by atoms with E-state index in [4.69, 9.17) is 16.3 Å². The highest BCUT2D eigenvalue weighted by Crippen LogP contribution is 2.24. The van der Waals surface area contributed by atoms with Crippen LogP contribution in [0.3, 0.4) is 0 Å². The first-order valence-electron chi connectivity index (χ1n) is 7.00. The second kappa shape index (κ2) is 6.05. The van der Waals surface area contributed by atoms with Crippen LogP contribution in [-0.4, -0.2) is 40.5 Å². The Morgan fingerprint density at radius 2 is 2.14 bits per heavy atom. The normalized spacial score (nSPS) is 22.2. The third kappa shape index (κ3) is 4.46. The Labute approximate surface area is 129 Å². The fraction of sp³-hybridized carbons (Fsp3) is 0.643. The number of halogens is 1. The van der Waals surface area contributed by atoms with Crippen molar-refractivity contribution in [3.05, 3.63) is 17.3 Å². The Morgan fingerprint density at radius 1 is 1.43 bits per heavy atom. The fourth-order valence-corrected chi connectivity index (χ4v) is 2.49. The van der Waals surface area contributed by atoms with E-state index in [1.165, 1.54) is 0 Å². The van der Waals surface area contributed by atoms with E-state index in [0.29, 0.717) is 11.7 Å². The second-order valence-corrected chi connectivity index (χ2v) is 6.68. The van der Waals surface area contributed by atoms with Gasteiger partial charge in [-0.1, -0.05) is 11.6 Å². The van der Waals surface area contributed by atoms with Crippen LogP contribution in [0.1, 0.15) is 34.1 Å². The monoisotopic (exact) mass is 312 g/mol. The second-order valence-electron chi connectivity index (χ2n) is 6.29. The van der Waals surface area contributed by atoms with Gasteiger partial charge in [0.1, 0.15) is 5.60 Å². The lowest BCUT2D eigenvalue weighted by Crippen LogP contribution is -2.40. The van der Waals surface area contributed by atoms with Crippen molar-refractivity contribution < 1.29 is 9.53 Å². The van der Waals surface area contributed by atoms with Crippen molar-refractivity contribution in [2.45, 2.75) is 51.8 Å². The lowest BCUT2D eigenvalue weighted by molar-refractivity contribution is 0.0508. The van der Waals surface area contributed by atoms with Crippen molar-refractivity contribution in [3.8, 4) is 0 Å². The summed E-state index contributed by atoms with van der Waals surface area (Å²) in [5, 5.41) is 11.2. The molecule has 116 valence electrons. The number of aromatic nitrogens is 2. The lowest BCUT2D eigenvalue weighted by atomic mass is 10.2. The molecule has 1 aliphatic rings. The molecular formula is C14H21ClN4O2. The molecule has 21 heavy (non-hydrogen) atoms. The Bertz CT molecular complexity index is 501. The zero-order chi connectivity index (χ0) is 15.6. The summed E-state index contributed by atoms with van der Waals surface area (Å²) in [6, 6.07) is 3.85. The van der Waals surface area contributed by atoms with Gasteiger partial charge in [-0.15, -0.1) is 10.2 Å². The number of nitrogens with one attached hydrogen (secondary N) is 1. The van der Waals surface area contributed by atoms with Crippen LogP contribution in [0.5, 0.6) is 0 Å². The molecule has 2 heterocycles. The average molecular weight is 313 g/mol. The number of anilines is 1. The SMILES string of the molecule is C[C@H]1C[C@@H](NC(=O)OC(C)(C)C)CN1c1ccc(Cl)nn1. The fourth-order valence-electron chi connectivity index (χ4n) is 2.39. The van der Waals surface area contributed by atoms with Gasteiger partial charge in [-0.2, -0.15) is 0 Å². The third-order valence-corrected chi connectivity index (χ3v) is 3.41. The molecule has 1 aromatic rings. The summed E-state index contributed by atoms with van der Waals surface area (Å²) in [5.41, 5.74) is -0.490. The molecule has 0 saturated carbocycles.